The molecule has 2 N–H and O–H groups in total. The van der Waals surface area contributed by atoms with E-state index >= 15 is 0 Å². The summed E-state index contributed by atoms with van der Waals surface area (Å²) >= 11 is 0. The molecule has 1 spiro atoms. The molecule has 0 aromatic rings. The monoisotopic (exact) mass is 155 g/mol. The van der Waals surface area contributed by atoms with Gasteiger partial charge in [0.25, 0.3) is 0 Å². The summed E-state index contributed by atoms with van der Waals surface area (Å²) in [6, 6.07) is 0. The van der Waals surface area contributed by atoms with Crippen molar-refractivity contribution in [2.45, 2.75) is 32.3 Å². The fraction of sp³-hybridized carbons (Fsp3) is 1.00. The normalized spacial score (nSPS) is 49.6. The average Bonchev–Trinajstić information content (AvgIpc) is 2.31. The maximum Gasteiger partial charge on any atom is 0.0703 e. The Kier molecular flexibility index (Phi) is 1.69. The maximum atomic E-state index is 5.58. The molecule has 2 heteroatoms. The standard InChI is InChI=1S/C9H17NO/c1-7-2-9(3-7)4-8(5-10)11-6-9/h7-8H,2-6,10H2,1H3/t7?,8-,9?/m1/s1. The highest BCUT2D eigenvalue weighted by Crippen LogP contribution is 2.52. The van der Waals surface area contributed by atoms with Crippen molar-refractivity contribution < 1.29 is 4.74 Å². The third-order valence-electron chi connectivity index (χ3n) is 3.11. The zero-order chi connectivity index (χ0) is 7.90. The average molecular weight is 155 g/mol. The van der Waals surface area contributed by atoms with Crippen LogP contribution in [0.15, 0.2) is 0 Å². The van der Waals surface area contributed by atoms with Crippen LogP contribution in [-0.2, 0) is 4.74 Å². The van der Waals surface area contributed by atoms with E-state index in [1.807, 2.05) is 0 Å². The maximum absolute atomic E-state index is 5.58. The van der Waals surface area contributed by atoms with E-state index in [1.54, 1.807) is 0 Å². The summed E-state index contributed by atoms with van der Waals surface area (Å²) in [4.78, 5) is 0. The van der Waals surface area contributed by atoms with Crippen LogP contribution in [0.2, 0.25) is 0 Å². The van der Waals surface area contributed by atoms with Gasteiger partial charge >= 0.3 is 0 Å². The van der Waals surface area contributed by atoms with Crippen molar-refractivity contribution in [1.82, 2.24) is 0 Å². The summed E-state index contributed by atoms with van der Waals surface area (Å²) in [5.41, 5.74) is 6.10. The van der Waals surface area contributed by atoms with E-state index in [0.29, 0.717) is 18.1 Å². The predicted octanol–water partition coefficient (Wildman–Crippen LogP) is 1.15. The van der Waals surface area contributed by atoms with Crippen LogP contribution in [0, 0.1) is 11.3 Å². The lowest BCUT2D eigenvalue weighted by Gasteiger charge is -2.42. The van der Waals surface area contributed by atoms with E-state index in [1.165, 1.54) is 19.3 Å². The van der Waals surface area contributed by atoms with Crippen LogP contribution in [-0.4, -0.2) is 19.3 Å². The van der Waals surface area contributed by atoms with Crippen molar-refractivity contribution in [1.29, 1.82) is 0 Å². The fourth-order valence-electron chi connectivity index (χ4n) is 2.75. The molecular weight excluding hydrogens is 138 g/mol. The van der Waals surface area contributed by atoms with E-state index in [-0.39, 0.29) is 0 Å². The Morgan fingerprint density at radius 3 is 2.64 bits per heavy atom. The third kappa shape index (κ3) is 1.18. The van der Waals surface area contributed by atoms with Gasteiger partial charge in [0.2, 0.25) is 0 Å². The molecule has 2 aliphatic rings. The number of rotatable bonds is 1. The molecule has 0 radical (unpaired) electrons. The molecule has 2 rings (SSSR count). The zero-order valence-corrected chi connectivity index (χ0v) is 7.18. The van der Waals surface area contributed by atoms with E-state index in [0.717, 1.165) is 12.5 Å². The predicted molar refractivity (Wildman–Crippen MR) is 44.2 cm³/mol. The van der Waals surface area contributed by atoms with Crippen LogP contribution < -0.4 is 5.73 Å². The van der Waals surface area contributed by atoms with Crippen molar-refractivity contribution in [2.24, 2.45) is 17.1 Å². The lowest BCUT2D eigenvalue weighted by molar-refractivity contribution is 0.0392. The third-order valence-corrected chi connectivity index (χ3v) is 3.11. The van der Waals surface area contributed by atoms with Gasteiger partial charge < -0.3 is 10.5 Å². The zero-order valence-electron chi connectivity index (χ0n) is 7.18. The lowest BCUT2D eigenvalue weighted by Crippen LogP contribution is -2.36. The summed E-state index contributed by atoms with van der Waals surface area (Å²) in [6.45, 7) is 4.00. The van der Waals surface area contributed by atoms with Crippen molar-refractivity contribution >= 4 is 0 Å². The van der Waals surface area contributed by atoms with Gasteiger partial charge in [0, 0.05) is 6.54 Å². The molecule has 64 valence electrons. The Hall–Kier alpha value is -0.0800. The fourth-order valence-corrected chi connectivity index (χ4v) is 2.75. The van der Waals surface area contributed by atoms with Gasteiger partial charge in [-0.1, -0.05) is 6.92 Å². The first-order valence-corrected chi connectivity index (χ1v) is 4.56. The Morgan fingerprint density at radius 1 is 1.45 bits per heavy atom. The highest BCUT2D eigenvalue weighted by molar-refractivity contribution is 4.97. The first-order valence-electron chi connectivity index (χ1n) is 4.56. The second kappa shape index (κ2) is 2.46. The molecule has 2 nitrogen and oxygen atoms in total. The number of nitrogens with two attached hydrogens (primary N) is 1. The molecule has 11 heavy (non-hydrogen) atoms. The van der Waals surface area contributed by atoms with Crippen LogP contribution in [0.5, 0.6) is 0 Å². The second-order valence-corrected chi connectivity index (χ2v) is 4.39. The number of hydrogen-bond donors (Lipinski definition) is 1. The van der Waals surface area contributed by atoms with Crippen LogP contribution in [0.4, 0.5) is 0 Å². The Bertz CT molecular complexity index is 152. The largest absolute Gasteiger partial charge is 0.376 e. The molecule has 0 amide bonds. The molecule has 1 aliphatic carbocycles. The van der Waals surface area contributed by atoms with Gasteiger partial charge in [0.15, 0.2) is 0 Å². The topological polar surface area (TPSA) is 35.2 Å². The van der Waals surface area contributed by atoms with Gasteiger partial charge in [0.1, 0.15) is 0 Å². The molecule has 1 saturated heterocycles. The highest BCUT2D eigenvalue weighted by atomic mass is 16.5. The summed E-state index contributed by atoms with van der Waals surface area (Å²) < 4.78 is 5.58. The van der Waals surface area contributed by atoms with E-state index < -0.39 is 0 Å². The molecule has 0 aromatic heterocycles. The van der Waals surface area contributed by atoms with Gasteiger partial charge in [-0.2, -0.15) is 0 Å². The molecular formula is C9H17NO. The van der Waals surface area contributed by atoms with Crippen molar-refractivity contribution in [3.8, 4) is 0 Å². The van der Waals surface area contributed by atoms with Crippen LogP contribution in [0.3, 0.4) is 0 Å². The van der Waals surface area contributed by atoms with Crippen LogP contribution in [0.1, 0.15) is 26.2 Å². The Labute approximate surface area is 68.1 Å². The lowest BCUT2D eigenvalue weighted by atomic mass is 9.62. The molecule has 1 heterocycles. The quantitative estimate of drug-likeness (QED) is 0.616. The summed E-state index contributed by atoms with van der Waals surface area (Å²) in [5, 5.41) is 0. The van der Waals surface area contributed by atoms with Crippen LogP contribution >= 0.6 is 0 Å². The highest BCUT2D eigenvalue weighted by Gasteiger charge is 2.47. The van der Waals surface area contributed by atoms with E-state index in [4.69, 9.17) is 10.5 Å². The minimum Gasteiger partial charge on any atom is -0.376 e. The molecule has 0 aromatic carbocycles. The van der Waals surface area contributed by atoms with Crippen molar-refractivity contribution in [3.05, 3.63) is 0 Å². The minimum atomic E-state index is 0.363. The summed E-state index contributed by atoms with van der Waals surface area (Å²) in [5.74, 6) is 0.926. The molecule has 0 unspecified atom stereocenters. The molecule has 1 aliphatic heterocycles. The van der Waals surface area contributed by atoms with E-state index in [2.05, 4.69) is 6.92 Å². The van der Waals surface area contributed by atoms with E-state index in [9.17, 15) is 0 Å². The Morgan fingerprint density at radius 2 is 2.18 bits per heavy atom. The first kappa shape index (κ1) is 7.56. The van der Waals surface area contributed by atoms with Crippen LogP contribution in [0.25, 0.3) is 0 Å². The van der Waals surface area contributed by atoms with Gasteiger partial charge in [-0.05, 0) is 30.6 Å². The number of ether oxygens (including phenoxy) is 1. The second-order valence-electron chi connectivity index (χ2n) is 4.39. The summed E-state index contributed by atoms with van der Waals surface area (Å²) in [7, 11) is 0. The van der Waals surface area contributed by atoms with Gasteiger partial charge in [-0.3, -0.25) is 0 Å². The van der Waals surface area contributed by atoms with Gasteiger partial charge in [-0.15, -0.1) is 0 Å². The van der Waals surface area contributed by atoms with Crippen molar-refractivity contribution in [3.63, 3.8) is 0 Å². The molecule has 0 bridgehead atoms. The summed E-state index contributed by atoms with van der Waals surface area (Å²) in [6.07, 6.45) is 4.31. The smallest absolute Gasteiger partial charge is 0.0703 e. The molecule has 1 atom stereocenters. The minimum absolute atomic E-state index is 0.363. The van der Waals surface area contributed by atoms with Gasteiger partial charge in [-0.25, -0.2) is 0 Å². The SMILES string of the molecule is CC1CC2(CO[C@@H](CN)C2)C1. The first-order chi connectivity index (χ1) is 5.24. The number of hydrogen-bond acceptors (Lipinski definition) is 2. The molecule has 1 saturated carbocycles. The molecule has 2 fully saturated rings. The van der Waals surface area contributed by atoms with Gasteiger partial charge in [0.05, 0.1) is 12.7 Å². The Balaban J connectivity index is 1.89. The van der Waals surface area contributed by atoms with Crippen molar-refractivity contribution in [2.75, 3.05) is 13.2 Å².